The topological polar surface area (TPSA) is 119 Å². The second kappa shape index (κ2) is 8.96. The lowest BCUT2D eigenvalue weighted by atomic mass is 9.91. The number of aryl methyl sites for hydroxylation is 1. The van der Waals surface area contributed by atoms with Crippen molar-refractivity contribution in [1.29, 1.82) is 0 Å². The third-order valence-corrected chi connectivity index (χ3v) is 4.56. The molecule has 0 radical (unpaired) electrons. The van der Waals surface area contributed by atoms with Gasteiger partial charge in [-0.05, 0) is 38.0 Å². The van der Waals surface area contributed by atoms with Gasteiger partial charge in [0.05, 0.1) is 17.4 Å². The number of halogens is 2. The number of pyridine rings is 2. The van der Waals surface area contributed by atoms with Gasteiger partial charge in [-0.25, -0.2) is 9.37 Å². The molecule has 2 heterocycles. The van der Waals surface area contributed by atoms with E-state index in [1.54, 1.807) is 12.3 Å². The van der Waals surface area contributed by atoms with Crippen LogP contribution in [0.2, 0.25) is 0 Å². The molecule has 0 saturated heterocycles. The zero-order valence-corrected chi connectivity index (χ0v) is 15.9. The van der Waals surface area contributed by atoms with E-state index in [1.165, 1.54) is 0 Å². The predicted molar refractivity (Wildman–Crippen MR) is 106 cm³/mol. The molecule has 1 fully saturated rings. The Morgan fingerprint density at radius 3 is 2.63 bits per heavy atom. The van der Waals surface area contributed by atoms with Crippen molar-refractivity contribution in [3.8, 4) is 0 Å². The van der Waals surface area contributed by atoms with E-state index >= 15 is 0 Å². The van der Waals surface area contributed by atoms with Crippen LogP contribution in [-0.4, -0.2) is 28.0 Å². The molecule has 2 atom stereocenters. The molecule has 1 aliphatic rings. The Hall–Kier alpha value is -2.45. The van der Waals surface area contributed by atoms with Gasteiger partial charge in [-0.1, -0.05) is 12.8 Å². The van der Waals surface area contributed by atoms with Crippen molar-refractivity contribution in [3.05, 3.63) is 41.5 Å². The number of carbonyl (C=O) groups excluding carboxylic acids is 1. The Morgan fingerprint density at radius 1 is 1.26 bits per heavy atom. The summed E-state index contributed by atoms with van der Waals surface area (Å²) in [5.41, 5.74) is 12.9. The molecule has 0 unspecified atom stereocenters. The Kier molecular flexibility index (Phi) is 6.92. The first kappa shape index (κ1) is 20.9. The Balaban J connectivity index is 0.00000261. The van der Waals surface area contributed by atoms with Crippen LogP contribution in [0.4, 0.5) is 21.7 Å². The first-order valence-electron chi connectivity index (χ1n) is 8.66. The molecular weight excluding hydrogens is 371 g/mol. The fraction of sp³-hybridized carbons (Fsp3) is 0.389. The van der Waals surface area contributed by atoms with Gasteiger partial charge < -0.3 is 22.1 Å². The number of nitrogens with zero attached hydrogens (tertiary/aromatic N) is 2. The molecule has 7 nitrogen and oxygen atoms in total. The van der Waals surface area contributed by atoms with Crippen molar-refractivity contribution in [2.45, 2.75) is 44.7 Å². The van der Waals surface area contributed by atoms with E-state index in [4.69, 9.17) is 11.5 Å². The van der Waals surface area contributed by atoms with Crippen molar-refractivity contribution >= 4 is 35.6 Å². The van der Waals surface area contributed by atoms with E-state index in [9.17, 15) is 9.18 Å². The number of amides is 1. The lowest BCUT2D eigenvalue weighted by molar-refractivity contribution is 0.100. The SMILES string of the molecule is Cc1ccc(Nc2nc(N[C@@H]3CCCC[C@@H]3N)c(F)cc2C(N)=O)cn1.Cl. The summed E-state index contributed by atoms with van der Waals surface area (Å²) in [5, 5.41) is 6.07. The molecule has 0 aliphatic heterocycles. The number of aromatic nitrogens is 2. The van der Waals surface area contributed by atoms with Gasteiger partial charge in [-0.2, -0.15) is 0 Å². The van der Waals surface area contributed by atoms with Gasteiger partial charge in [0, 0.05) is 17.8 Å². The minimum absolute atomic E-state index is 0. The number of primary amides is 1. The molecule has 2 aromatic heterocycles. The zero-order chi connectivity index (χ0) is 18.7. The lowest BCUT2D eigenvalue weighted by Crippen LogP contribution is -2.43. The minimum Gasteiger partial charge on any atom is -0.365 e. The maximum Gasteiger partial charge on any atom is 0.252 e. The normalized spacial score (nSPS) is 19.1. The first-order valence-corrected chi connectivity index (χ1v) is 8.66. The molecular formula is C18H24ClFN6O. The molecule has 1 saturated carbocycles. The standard InChI is InChI=1S/C18H23FN6O.ClH/c1-10-6-7-11(9-22-10)23-17-12(16(21)26)8-13(19)18(25-17)24-15-5-3-2-4-14(15)20;/h6-9,14-15H,2-5,20H2,1H3,(H2,21,26)(H2,23,24,25);1H/t14-,15+;/m0./s1. The van der Waals surface area contributed by atoms with Crippen LogP contribution >= 0.6 is 12.4 Å². The third-order valence-electron chi connectivity index (χ3n) is 4.56. The Morgan fingerprint density at radius 2 is 2.00 bits per heavy atom. The molecule has 0 aromatic carbocycles. The number of hydrogen-bond acceptors (Lipinski definition) is 6. The average molecular weight is 395 g/mol. The molecule has 3 rings (SSSR count). The van der Waals surface area contributed by atoms with Crippen LogP contribution in [0.5, 0.6) is 0 Å². The lowest BCUT2D eigenvalue weighted by Gasteiger charge is -2.30. The van der Waals surface area contributed by atoms with Gasteiger partial charge in [-0.3, -0.25) is 9.78 Å². The van der Waals surface area contributed by atoms with Gasteiger partial charge in [0.2, 0.25) is 0 Å². The van der Waals surface area contributed by atoms with Crippen LogP contribution in [0.1, 0.15) is 41.7 Å². The second-order valence-electron chi connectivity index (χ2n) is 6.59. The number of carbonyl (C=O) groups is 1. The number of anilines is 3. The number of nitrogens with two attached hydrogens (primary N) is 2. The Bertz CT molecular complexity index is 801. The fourth-order valence-corrected chi connectivity index (χ4v) is 3.07. The highest BCUT2D eigenvalue weighted by atomic mass is 35.5. The van der Waals surface area contributed by atoms with Crippen LogP contribution < -0.4 is 22.1 Å². The number of rotatable bonds is 5. The van der Waals surface area contributed by atoms with Crippen molar-refractivity contribution in [2.24, 2.45) is 11.5 Å². The number of hydrogen-bond donors (Lipinski definition) is 4. The molecule has 6 N–H and O–H groups in total. The maximum atomic E-state index is 14.5. The van der Waals surface area contributed by atoms with E-state index in [2.05, 4.69) is 20.6 Å². The van der Waals surface area contributed by atoms with Crippen LogP contribution in [0.15, 0.2) is 24.4 Å². The molecule has 146 valence electrons. The molecule has 1 aliphatic carbocycles. The predicted octanol–water partition coefficient (Wildman–Crippen LogP) is 2.87. The summed E-state index contributed by atoms with van der Waals surface area (Å²) in [6, 6.07) is 4.59. The molecule has 9 heteroatoms. The third kappa shape index (κ3) is 5.05. The van der Waals surface area contributed by atoms with Gasteiger partial charge in [0.1, 0.15) is 5.82 Å². The van der Waals surface area contributed by atoms with Crippen LogP contribution in [0, 0.1) is 12.7 Å². The van der Waals surface area contributed by atoms with Crippen molar-refractivity contribution < 1.29 is 9.18 Å². The van der Waals surface area contributed by atoms with Crippen LogP contribution in [0.25, 0.3) is 0 Å². The van der Waals surface area contributed by atoms with Gasteiger partial charge in [0.25, 0.3) is 5.91 Å². The van der Waals surface area contributed by atoms with Crippen LogP contribution in [0.3, 0.4) is 0 Å². The maximum absolute atomic E-state index is 14.5. The van der Waals surface area contributed by atoms with Crippen molar-refractivity contribution in [2.75, 3.05) is 10.6 Å². The summed E-state index contributed by atoms with van der Waals surface area (Å²) < 4.78 is 14.5. The van der Waals surface area contributed by atoms with Crippen molar-refractivity contribution in [1.82, 2.24) is 9.97 Å². The first-order chi connectivity index (χ1) is 12.4. The molecule has 27 heavy (non-hydrogen) atoms. The highest BCUT2D eigenvalue weighted by Crippen LogP contribution is 2.26. The van der Waals surface area contributed by atoms with E-state index in [1.807, 2.05) is 13.0 Å². The average Bonchev–Trinajstić information content (AvgIpc) is 2.61. The smallest absolute Gasteiger partial charge is 0.252 e. The summed E-state index contributed by atoms with van der Waals surface area (Å²) in [7, 11) is 0. The second-order valence-corrected chi connectivity index (χ2v) is 6.59. The van der Waals surface area contributed by atoms with Crippen LogP contribution in [-0.2, 0) is 0 Å². The molecule has 0 spiro atoms. The summed E-state index contributed by atoms with van der Waals surface area (Å²) in [6.07, 6.45) is 5.45. The quantitative estimate of drug-likeness (QED) is 0.619. The molecule has 1 amide bonds. The molecule has 0 bridgehead atoms. The zero-order valence-electron chi connectivity index (χ0n) is 15.0. The highest BCUT2D eigenvalue weighted by Gasteiger charge is 2.24. The summed E-state index contributed by atoms with van der Waals surface area (Å²) in [6.45, 7) is 1.87. The van der Waals surface area contributed by atoms with E-state index in [-0.39, 0.29) is 41.7 Å². The van der Waals surface area contributed by atoms with Gasteiger partial charge in [0.15, 0.2) is 11.6 Å². The summed E-state index contributed by atoms with van der Waals surface area (Å²) in [4.78, 5) is 20.1. The van der Waals surface area contributed by atoms with E-state index in [0.29, 0.717) is 5.69 Å². The van der Waals surface area contributed by atoms with Gasteiger partial charge in [-0.15, -0.1) is 12.4 Å². The van der Waals surface area contributed by atoms with E-state index < -0.39 is 11.7 Å². The highest BCUT2D eigenvalue weighted by molar-refractivity contribution is 5.98. The van der Waals surface area contributed by atoms with Crippen molar-refractivity contribution in [3.63, 3.8) is 0 Å². The fourth-order valence-electron chi connectivity index (χ4n) is 3.07. The largest absolute Gasteiger partial charge is 0.365 e. The van der Waals surface area contributed by atoms with E-state index in [0.717, 1.165) is 37.4 Å². The van der Waals surface area contributed by atoms with Gasteiger partial charge >= 0.3 is 0 Å². The summed E-state index contributed by atoms with van der Waals surface area (Å²) >= 11 is 0. The monoisotopic (exact) mass is 394 g/mol. The number of nitrogens with one attached hydrogen (secondary N) is 2. The molecule has 2 aromatic rings. The minimum atomic E-state index is -0.764. The Labute approximate surface area is 163 Å². The summed E-state index contributed by atoms with van der Waals surface area (Å²) in [5.74, 6) is -1.17.